The lowest BCUT2D eigenvalue weighted by Gasteiger charge is -2.12. The molecule has 0 heterocycles. The Morgan fingerprint density at radius 1 is 1.28 bits per heavy atom. The Morgan fingerprint density at radius 2 is 1.94 bits per heavy atom. The van der Waals surface area contributed by atoms with E-state index in [1.165, 1.54) is 0 Å². The summed E-state index contributed by atoms with van der Waals surface area (Å²) in [7, 11) is 0. The van der Waals surface area contributed by atoms with Gasteiger partial charge in [0.25, 0.3) is 0 Å². The highest BCUT2D eigenvalue weighted by Crippen LogP contribution is 2.15. The molecule has 0 fully saturated rings. The average Bonchev–Trinajstić information content (AvgIpc) is 2.32. The Bertz CT molecular complexity index is 458. The fourth-order valence-corrected chi connectivity index (χ4v) is 1.47. The molecular formula is C13H18N2O3. The van der Waals surface area contributed by atoms with Crippen LogP contribution >= 0.6 is 0 Å². The van der Waals surface area contributed by atoms with Gasteiger partial charge >= 0.3 is 11.8 Å². The van der Waals surface area contributed by atoms with Crippen molar-refractivity contribution >= 4 is 17.5 Å². The zero-order valence-electron chi connectivity index (χ0n) is 10.8. The second kappa shape index (κ2) is 6.16. The number of benzene rings is 1. The van der Waals surface area contributed by atoms with Crippen molar-refractivity contribution in [3.05, 3.63) is 29.3 Å². The van der Waals surface area contributed by atoms with Crippen molar-refractivity contribution < 1.29 is 14.7 Å². The van der Waals surface area contributed by atoms with E-state index in [0.717, 1.165) is 11.1 Å². The van der Waals surface area contributed by atoms with Crippen LogP contribution in [0.4, 0.5) is 5.69 Å². The maximum absolute atomic E-state index is 11.6. The Balaban J connectivity index is 2.67. The molecule has 1 aromatic carbocycles. The monoisotopic (exact) mass is 250 g/mol. The van der Waals surface area contributed by atoms with Gasteiger partial charge in [-0.25, -0.2) is 0 Å². The predicted molar refractivity (Wildman–Crippen MR) is 69.2 cm³/mol. The molecule has 1 rings (SSSR count). The van der Waals surface area contributed by atoms with E-state index in [2.05, 4.69) is 10.6 Å². The van der Waals surface area contributed by atoms with Gasteiger partial charge in [-0.3, -0.25) is 9.59 Å². The first kappa shape index (κ1) is 14.2. The van der Waals surface area contributed by atoms with E-state index < -0.39 is 17.9 Å². The lowest BCUT2D eigenvalue weighted by molar-refractivity contribution is -0.136. The number of aryl methyl sites for hydroxylation is 2. The molecule has 0 saturated carbocycles. The van der Waals surface area contributed by atoms with Crippen LogP contribution in [0, 0.1) is 13.8 Å². The fourth-order valence-electron chi connectivity index (χ4n) is 1.47. The molecule has 0 spiro atoms. The van der Waals surface area contributed by atoms with E-state index in [9.17, 15) is 9.59 Å². The number of aliphatic hydroxyl groups is 1. The number of aliphatic hydroxyl groups excluding tert-OH is 1. The largest absolute Gasteiger partial charge is 0.394 e. The smallest absolute Gasteiger partial charge is 0.313 e. The second-order valence-electron chi connectivity index (χ2n) is 4.33. The summed E-state index contributed by atoms with van der Waals surface area (Å²) in [4.78, 5) is 23.1. The van der Waals surface area contributed by atoms with Crippen LogP contribution < -0.4 is 10.6 Å². The molecule has 0 aromatic heterocycles. The first-order valence-corrected chi connectivity index (χ1v) is 5.74. The molecule has 2 amide bonds. The van der Waals surface area contributed by atoms with Crippen LogP contribution in [0.1, 0.15) is 18.1 Å². The molecule has 0 aliphatic rings. The van der Waals surface area contributed by atoms with Gasteiger partial charge in [-0.1, -0.05) is 17.7 Å². The van der Waals surface area contributed by atoms with Crippen LogP contribution in [-0.4, -0.2) is 29.6 Å². The Morgan fingerprint density at radius 3 is 2.50 bits per heavy atom. The highest BCUT2D eigenvalue weighted by molar-refractivity contribution is 6.39. The van der Waals surface area contributed by atoms with Gasteiger partial charge in [0.05, 0.1) is 6.61 Å². The molecule has 0 aliphatic heterocycles. The summed E-state index contributed by atoms with van der Waals surface area (Å²) in [6.45, 7) is 5.22. The second-order valence-corrected chi connectivity index (χ2v) is 4.33. The van der Waals surface area contributed by atoms with Crippen molar-refractivity contribution in [2.45, 2.75) is 26.8 Å². The molecule has 1 atom stereocenters. The summed E-state index contributed by atoms with van der Waals surface area (Å²) in [5, 5.41) is 13.7. The number of hydrogen-bond acceptors (Lipinski definition) is 3. The van der Waals surface area contributed by atoms with Gasteiger partial charge in [0.2, 0.25) is 0 Å². The molecule has 0 bridgehead atoms. The van der Waals surface area contributed by atoms with E-state index in [0.29, 0.717) is 5.69 Å². The minimum atomic E-state index is -0.753. The Labute approximate surface area is 106 Å². The number of hydrogen-bond donors (Lipinski definition) is 3. The van der Waals surface area contributed by atoms with E-state index in [4.69, 9.17) is 5.11 Å². The van der Waals surface area contributed by atoms with Gasteiger partial charge in [0.15, 0.2) is 0 Å². The van der Waals surface area contributed by atoms with Crippen molar-refractivity contribution in [3.63, 3.8) is 0 Å². The molecular weight excluding hydrogens is 232 g/mol. The summed E-state index contributed by atoms with van der Waals surface area (Å²) < 4.78 is 0. The SMILES string of the molecule is Cc1ccc(NC(=O)C(=O)NC(C)CO)c(C)c1. The van der Waals surface area contributed by atoms with Gasteiger partial charge in [-0.05, 0) is 32.4 Å². The molecule has 5 nitrogen and oxygen atoms in total. The van der Waals surface area contributed by atoms with Crippen molar-refractivity contribution in [3.8, 4) is 0 Å². The molecule has 0 aliphatic carbocycles. The highest BCUT2D eigenvalue weighted by atomic mass is 16.3. The van der Waals surface area contributed by atoms with Crippen molar-refractivity contribution in [1.29, 1.82) is 0 Å². The van der Waals surface area contributed by atoms with Gasteiger partial charge in [-0.15, -0.1) is 0 Å². The number of amides is 2. The van der Waals surface area contributed by atoms with Gasteiger partial charge in [0.1, 0.15) is 0 Å². The third-order valence-electron chi connectivity index (χ3n) is 2.49. The quantitative estimate of drug-likeness (QED) is 0.692. The molecule has 1 unspecified atom stereocenters. The molecule has 5 heteroatoms. The summed E-state index contributed by atoms with van der Waals surface area (Å²) >= 11 is 0. The van der Waals surface area contributed by atoms with Crippen molar-refractivity contribution in [1.82, 2.24) is 5.32 Å². The van der Waals surface area contributed by atoms with Gasteiger partial charge in [0, 0.05) is 11.7 Å². The normalized spacial score (nSPS) is 11.8. The number of carbonyl (C=O) groups is 2. The summed E-state index contributed by atoms with van der Waals surface area (Å²) in [6, 6.07) is 5.09. The van der Waals surface area contributed by atoms with Crippen LogP contribution in [0.5, 0.6) is 0 Å². The molecule has 18 heavy (non-hydrogen) atoms. The Hall–Kier alpha value is -1.88. The first-order valence-electron chi connectivity index (χ1n) is 5.74. The molecule has 0 saturated heterocycles. The van der Waals surface area contributed by atoms with Crippen LogP contribution in [-0.2, 0) is 9.59 Å². The van der Waals surface area contributed by atoms with Gasteiger partial charge < -0.3 is 15.7 Å². The highest BCUT2D eigenvalue weighted by Gasteiger charge is 2.16. The molecule has 1 aromatic rings. The van der Waals surface area contributed by atoms with Crippen molar-refractivity contribution in [2.24, 2.45) is 0 Å². The number of rotatable bonds is 3. The predicted octanol–water partition coefficient (Wildman–Crippen LogP) is 0.739. The number of nitrogens with one attached hydrogen (secondary N) is 2. The lowest BCUT2D eigenvalue weighted by Crippen LogP contribution is -2.42. The maximum atomic E-state index is 11.6. The summed E-state index contributed by atoms with van der Waals surface area (Å²) in [5.41, 5.74) is 2.59. The van der Waals surface area contributed by atoms with Crippen LogP contribution in [0.2, 0.25) is 0 Å². The van der Waals surface area contributed by atoms with Crippen LogP contribution in [0.15, 0.2) is 18.2 Å². The number of carbonyl (C=O) groups excluding carboxylic acids is 2. The Kier molecular flexibility index (Phi) is 4.85. The minimum absolute atomic E-state index is 0.206. The average molecular weight is 250 g/mol. The maximum Gasteiger partial charge on any atom is 0.313 e. The zero-order valence-corrected chi connectivity index (χ0v) is 10.8. The number of anilines is 1. The molecule has 98 valence electrons. The van der Waals surface area contributed by atoms with Crippen molar-refractivity contribution in [2.75, 3.05) is 11.9 Å². The van der Waals surface area contributed by atoms with E-state index >= 15 is 0 Å². The fraction of sp³-hybridized carbons (Fsp3) is 0.385. The van der Waals surface area contributed by atoms with Crippen LogP contribution in [0.25, 0.3) is 0 Å². The summed E-state index contributed by atoms with van der Waals surface area (Å²) in [5.74, 6) is -1.49. The van der Waals surface area contributed by atoms with E-state index in [1.54, 1.807) is 13.0 Å². The minimum Gasteiger partial charge on any atom is -0.394 e. The third-order valence-corrected chi connectivity index (χ3v) is 2.49. The van der Waals surface area contributed by atoms with E-state index in [1.807, 2.05) is 26.0 Å². The zero-order chi connectivity index (χ0) is 13.7. The topological polar surface area (TPSA) is 78.4 Å². The van der Waals surface area contributed by atoms with E-state index in [-0.39, 0.29) is 6.61 Å². The van der Waals surface area contributed by atoms with Crippen LogP contribution in [0.3, 0.4) is 0 Å². The first-order chi connectivity index (χ1) is 8.43. The molecule has 0 radical (unpaired) electrons. The third kappa shape index (κ3) is 3.85. The van der Waals surface area contributed by atoms with Gasteiger partial charge in [-0.2, -0.15) is 0 Å². The lowest BCUT2D eigenvalue weighted by atomic mass is 10.1. The molecule has 3 N–H and O–H groups in total. The summed E-state index contributed by atoms with van der Waals surface area (Å²) in [6.07, 6.45) is 0. The standard InChI is InChI=1S/C13H18N2O3/c1-8-4-5-11(9(2)6-8)15-13(18)12(17)14-10(3)7-16/h4-6,10,16H,7H2,1-3H3,(H,14,17)(H,15,18).